The molecule has 0 amide bonds. The molecule has 0 radical (unpaired) electrons. The van der Waals surface area contributed by atoms with Gasteiger partial charge in [0, 0.05) is 16.6 Å². The largest absolute Gasteiger partial charge is 0.497 e. The van der Waals surface area contributed by atoms with Gasteiger partial charge in [-0.3, -0.25) is 4.72 Å². The zero-order valence-corrected chi connectivity index (χ0v) is 14.3. The Labute approximate surface area is 143 Å². The number of aromatic carboxylic acids is 1. The lowest BCUT2D eigenvalue weighted by molar-refractivity contribution is 0.0664. The minimum atomic E-state index is -3.83. The zero-order chi connectivity index (χ0) is 18.2. The van der Waals surface area contributed by atoms with Crippen LogP contribution in [0.3, 0.4) is 0 Å². The fourth-order valence-corrected chi connectivity index (χ4v) is 3.53. The van der Waals surface area contributed by atoms with Crippen molar-refractivity contribution in [1.29, 1.82) is 0 Å². The van der Waals surface area contributed by atoms with Gasteiger partial charge < -0.3 is 14.3 Å². The minimum absolute atomic E-state index is 0.0108. The van der Waals surface area contributed by atoms with Crippen LogP contribution in [-0.2, 0) is 10.0 Å². The number of aryl methyl sites for hydroxylation is 1. The maximum absolute atomic E-state index is 12.6. The molecule has 0 saturated heterocycles. The van der Waals surface area contributed by atoms with Crippen molar-refractivity contribution in [1.82, 2.24) is 0 Å². The first-order valence-electron chi connectivity index (χ1n) is 7.25. The summed E-state index contributed by atoms with van der Waals surface area (Å²) >= 11 is 0. The molecule has 0 fully saturated rings. The van der Waals surface area contributed by atoms with Gasteiger partial charge in [0.15, 0.2) is 0 Å². The van der Waals surface area contributed by atoms with Crippen LogP contribution in [0, 0.1) is 6.92 Å². The Morgan fingerprint density at radius 2 is 1.84 bits per heavy atom. The van der Waals surface area contributed by atoms with Crippen LogP contribution in [0.1, 0.15) is 16.1 Å². The number of benzene rings is 2. The Morgan fingerprint density at radius 3 is 2.44 bits per heavy atom. The van der Waals surface area contributed by atoms with Gasteiger partial charge in [0.05, 0.1) is 12.0 Å². The van der Waals surface area contributed by atoms with E-state index in [1.165, 1.54) is 25.3 Å². The Balaban J connectivity index is 1.98. The van der Waals surface area contributed by atoms with Crippen molar-refractivity contribution in [3.63, 3.8) is 0 Å². The predicted octanol–water partition coefficient (Wildman–Crippen LogP) is 3.25. The number of ether oxygens (including phenoxy) is 1. The summed E-state index contributed by atoms with van der Waals surface area (Å²) in [6.45, 7) is 1.57. The first kappa shape index (κ1) is 16.8. The molecule has 0 spiro atoms. The molecule has 1 heterocycles. The number of furan rings is 1. The fraction of sp³-hybridized carbons (Fsp3) is 0.118. The number of carboxylic acids is 1. The van der Waals surface area contributed by atoms with E-state index < -0.39 is 16.0 Å². The van der Waals surface area contributed by atoms with Crippen LogP contribution in [0.15, 0.2) is 51.8 Å². The molecule has 130 valence electrons. The number of sulfonamides is 1. The lowest BCUT2D eigenvalue weighted by atomic mass is 10.1. The maximum Gasteiger partial charge on any atom is 0.372 e. The van der Waals surface area contributed by atoms with E-state index in [-0.39, 0.29) is 10.7 Å². The molecule has 2 aromatic carbocycles. The second kappa shape index (κ2) is 6.14. The summed E-state index contributed by atoms with van der Waals surface area (Å²) in [6.07, 6.45) is 0. The van der Waals surface area contributed by atoms with Gasteiger partial charge in [-0.05, 0) is 49.4 Å². The molecular weight excluding hydrogens is 346 g/mol. The summed E-state index contributed by atoms with van der Waals surface area (Å²) in [5.41, 5.74) is 1.08. The topological polar surface area (TPSA) is 106 Å². The van der Waals surface area contributed by atoms with Crippen molar-refractivity contribution in [3.8, 4) is 5.75 Å². The summed E-state index contributed by atoms with van der Waals surface area (Å²) in [5, 5.41) is 9.54. The van der Waals surface area contributed by atoms with Gasteiger partial charge in [0.2, 0.25) is 5.76 Å². The van der Waals surface area contributed by atoms with Gasteiger partial charge in [0.1, 0.15) is 11.3 Å². The standard InChI is InChI=1S/C17H15NO6S/c1-10-14-9-13(7-8-15(14)24-16(10)17(19)20)25(21,22)18-11-3-5-12(23-2)6-4-11/h3-9,18H,1-2H3,(H,19,20). The van der Waals surface area contributed by atoms with Crippen LogP contribution in [0.25, 0.3) is 11.0 Å². The summed E-state index contributed by atoms with van der Waals surface area (Å²) in [6, 6.07) is 10.6. The molecule has 0 unspecified atom stereocenters. The molecule has 0 saturated carbocycles. The van der Waals surface area contributed by atoms with Crippen molar-refractivity contribution in [2.75, 3.05) is 11.8 Å². The summed E-state index contributed by atoms with van der Waals surface area (Å²) in [7, 11) is -2.31. The number of hydrogen-bond donors (Lipinski definition) is 2. The first-order chi connectivity index (χ1) is 11.8. The molecule has 0 aliphatic rings. The predicted molar refractivity (Wildman–Crippen MR) is 91.7 cm³/mol. The lowest BCUT2D eigenvalue weighted by Gasteiger charge is -2.09. The van der Waals surface area contributed by atoms with Crippen molar-refractivity contribution >= 4 is 32.6 Å². The number of rotatable bonds is 5. The SMILES string of the molecule is COc1ccc(NS(=O)(=O)c2ccc3oc(C(=O)O)c(C)c3c2)cc1. The second-order valence-electron chi connectivity index (χ2n) is 5.35. The fourth-order valence-electron chi connectivity index (χ4n) is 2.44. The number of fused-ring (bicyclic) bond motifs is 1. The molecule has 0 atom stereocenters. The molecule has 2 N–H and O–H groups in total. The van der Waals surface area contributed by atoms with E-state index in [9.17, 15) is 13.2 Å². The average molecular weight is 361 g/mol. The van der Waals surface area contributed by atoms with Crippen LogP contribution < -0.4 is 9.46 Å². The van der Waals surface area contributed by atoms with E-state index >= 15 is 0 Å². The molecule has 3 aromatic rings. The normalized spacial score (nSPS) is 11.4. The van der Waals surface area contributed by atoms with E-state index in [1.54, 1.807) is 31.2 Å². The monoisotopic (exact) mass is 361 g/mol. The van der Waals surface area contributed by atoms with Crippen molar-refractivity contribution < 1.29 is 27.5 Å². The van der Waals surface area contributed by atoms with Gasteiger partial charge >= 0.3 is 5.97 Å². The van der Waals surface area contributed by atoms with Crippen LogP contribution >= 0.6 is 0 Å². The van der Waals surface area contributed by atoms with E-state index in [2.05, 4.69) is 4.72 Å². The molecular formula is C17H15NO6S. The number of carboxylic acid groups (broad SMARTS) is 1. The van der Waals surface area contributed by atoms with Crippen LogP contribution in [0.4, 0.5) is 5.69 Å². The minimum Gasteiger partial charge on any atom is -0.497 e. The number of methoxy groups -OCH3 is 1. The van der Waals surface area contributed by atoms with Crippen LogP contribution in [0.5, 0.6) is 5.75 Å². The van der Waals surface area contributed by atoms with Gasteiger partial charge in [-0.2, -0.15) is 0 Å². The smallest absolute Gasteiger partial charge is 0.372 e. The Bertz CT molecular complexity index is 1050. The lowest BCUT2D eigenvalue weighted by Crippen LogP contribution is -2.12. The summed E-state index contributed by atoms with van der Waals surface area (Å²) in [5.74, 6) is -0.790. The highest BCUT2D eigenvalue weighted by Crippen LogP contribution is 2.28. The summed E-state index contributed by atoms with van der Waals surface area (Å²) < 4.78 is 37.9. The zero-order valence-electron chi connectivity index (χ0n) is 13.4. The van der Waals surface area contributed by atoms with Gasteiger partial charge in [-0.1, -0.05) is 0 Å². The Kier molecular flexibility index (Phi) is 4.13. The third kappa shape index (κ3) is 3.16. The van der Waals surface area contributed by atoms with Crippen LogP contribution in [0.2, 0.25) is 0 Å². The highest BCUT2D eigenvalue weighted by molar-refractivity contribution is 7.92. The van der Waals surface area contributed by atoms with Gasteiger partial charge in [-0.25, -0.2) is 13.2 Å². The van der Waals surface area contributed by atoms with Crippen molar-refractivity contribution in [2.24, 2.45) is 0 Å². The second-order valence-corrected chi connectivity index (χ2v) is 7.04. The number of carbonyl (C=O) groups is 1. The number of nitrogens with one attached hydrogen (secondary N) is 1. The number of anilines is 1. The molecule has 1 aromatic heterocycles. The number of hydrogen-bond acceptors (Lipinski definition) is 5. The van der Waals surface area contributed by atoms with E-state index in [1.807, 2.05) is 0 Å². The quantitative estimate of drug-likeness (QED) is 0.722. The molecule has 8 heteroatoms. The third-order valence-electron chi connectivity index (χ3n) is 3.75. The Morgan fingerprint density at radius 1 is 1.16 bits per heavy atom. The molecule has 3 rings (SSSR count). The molecule has 0 aliphatic carbocycles. The highest BCUT2D eigenvalue weighted by Gasteiger charge is 2.20. The maximum atomic E-state index is 12.6. The van der Waals surface area contributed by atoms with Crippen molar-refractivity contribution in [2.45, 2.75) is 11.8 Å². The van der Waals surface area contributed by atoms with E-state index in [0.717, 1.165) is 0 Å². The molecule has 7 nitrogen and oxygen atoms in total. The average Bonchev–Trinajstić information content (AvgIpc) is 2.92. The van der Waals surface area contributed by atoms with Gasteiger partial charge in [-0.15, -0.1) is 0 Å². The molecule has 0 aliphatic heterocycles. The van der Waals surface area contributed by atoms with E-state index in [0.29, 0.717) is 28.0 Å². The first-order valence-corrected chi connectivity index (χ1v) is 8.73. The summed E-state index contributed by atoms with van der Waals surface area (Å²) in [4.78, 5) is 11.1. The third-order valence-corrected chi connectivity index (χ3v) is 5.13. The van der Waals surface area contributed by atoms with Crippen LogP contribution in [-0.4, -0.2) is 26.6 Å². The highest BCUT2D eigenvalue weighted by atomic mass is 32.2. The van der Waals surface area contributed by atoms with Gasteiger partial charge in [0.25, 0.3) is 10.0 Å². The molecule has 25 heavy (non-hydrogen) atoms. The van der Waals surface area contributed by atoms with E-state index in [4.69, 9.17) is 14.3 Å². The molecule has 0 bridgehead atoms. The Hall–Kier alpha value is -3.00. The van der Waals surface area contributed by atoms with Crippen molar-refractivity contribution in [3.05, 3.63) is 53.8 Å².